The summed E-state index contributed by atoms with van der Waals surface area (Å²) in [5, 5.41) is 11.3. The van der Waals surface area contributed by atoms with Crippen molar-refractivity contribution in [1.29, 1.82) is 0 Å². The van der Waals surface area contributed by atoms with Crippen LogP contribution >= 0.6 is 0 Å². The molecule has 2 aromatic rings. The first-order valence-electron chi connectivity index (χ1n) is 9.48. The number of hydrogen-bond donors (Lipinski definition) is 3. The van der Waals surface area contributed by atoms with E-state index in [2.05, 4.69) is 15.6 Å². The lowest BCUT2D eigenvalue weighted by Crippen LogP contribution is -2.16. The minimum atomic E-state index is -4.19. The van der Waals surface area contributed by atoms with Crippen molar-refractivity contribution < 1.29 is 17.9 Å². The van der Waals surface area contributed by atoms with E-state index in [1.54, 1.807) is 43.5 Å². The van der Waals surface area contributed by atoms with Crippen molar-refractivity contribution in [3.63, 3.8) is 0 Å². The molecule has 2 aromatic carbocycles. The third-order valence-corrected chi connectivity index (χ3v) is 4.85. The van der Waals surface area contributed by atoms with Crippen molar-refractivity contribution >= 4 is 28.0 Å². The van der Waals surface area contributed by atoms with Gasteiger partial charge in [-0.3, -0.25) is 4.79 Å². The number of carbonyl (C=O) groups is 1. The van der Waals surface area contributed by atoms with Gasteiger partial charge in [-0.1, -0.05) is 37.6 Å². The number of hydrogen-bond acceptors (Lipinski definition) is 5. The molecule has 0 spiro atoms. The highest BCUT2D eigenvalue weighted by Crippen LogP contribution is 2.37. The van der Waals surface area contributed by atoms with Crippen LogP contribution in [0.25, 0.3) is 0 Å². The summed E-state index contributed by atoms with van der Waals surface area (Å²) in [7, 11) is -4.19. The van der Waals surface area contributed by atoms with Gasteiger partial charge in [0.05, 0.1) is 12.0 Å². The Hall–Kier alpha value is -3.17. The number of nitrogens with one attached hydrogen (secondary N) is 2. The Morgan fingerprint density at radius 2 is 1.97 bits per heavy atom. The molecule has 0 bridgehead atoms. The number of para-hydroxylation sites is 1. The van der Waals surface area contributed by atoms with E-state index in [0.29, 0.717) is 18.0 Å². The van der Waals surface area contributed by atoms with Crippen molar-refractivity contribution in [2.24, 2.45) is 10.1 Å². The number of allylic oxidation sites excluding steroid dienone is 1. The number of nitrogens with zero attached hydrogens (tertiary/aromatic N) is 1. The minimum Gasteiger partial charge on any atom is -0.454 e. The number of carbonyl (C=O) groups excluding carboxylic acids is 1. The van der Waals surface area contributed by atoms with Crippen LogP contribution in [0.3, 0.4) is 0 Å². The molecule has 4 N–H and O–H groups in total. The first-order chi connectivity index (χ1) is 14.4. The lowest BCUT2D eigenvalue weighted by atomic mass is 10.1. The lowest BCUT2D eigenvalue weighted by Gasteiger charge is -2.17. The SMILES string of the molecule is C/C=C\N/C=N/C(=O)c1cc(NCCCC)c(Oc2ccccc2)c(S(N)(=O)=O)c1. The van der Waals surface area contributed by atoms with Crippen molar-refractivity contribution in [2.45, 2.75) is 31.6 Å². The highest BCUT2D eigenvalue weighted by Gasteiger charge is 2.23. The lowest BCUT2D eigenvalue weighted by molar-refractivity contribution is 0.100. The standard InChI is InChI=1S/C21H26N4O4S/c1-3-5-12-24-18-13-16(21(26)25-15-23-11-4-2)14-19(30(22,27)28)20(18)29-17-9-7-6-8-10-17/h4,6-11,13-15,24H,3,5,12H2,1-2H3,(H2,22,27,28)(H,23,25,26)/b11-4-. The molecule has 0 aliphatic rings. The monoisotopic (exact) mass is 430 g/mol. The van der Waals surface area contributed by atoms with E-state index in [4.69, 9.17) is 9.88 Å². The zero-order chi connectivity index (χ0) is 22.0. The quantitative estimate of drug-likeness (QED) is 0.300. The molecule has 9 heteroatoms. The number of unbranched alkanes of at least 4 members (excludes halogenated alkanes) is 1. The fourth-order valence-electron chi connectivity index (χ4n) is 2.49. The molecule has 0 heterocycles. The number of nitrogens with two attached hydrogens (primary N) is 1. The van der Waals surface area contributed by atoms with Gasteiger partial charge in [-0.2, -0.15) is 4.99 Å². The first-order valence-corrected chi connectivity index (χ1v) is 11.0. The van der Waals surface area contributed by atoms with Crippen LogP contribution in [0.4, 0.5) is 5.69 Å². The molecular formula is C21H26N4O4S. The van der Waals surface area contributed by atoms with E-state index in [1.165, 1.54) is 18.5 Å². The van der Waals surface area contributed by atoms with Gasteiger partial charge in [0.25, 0.3) is 5.91 Å². The van der Waals surface area contributed by atoms with Crippen molar-refractivity contribution in [3.05, 3.63) is 60.3 Å². The van der Waals surface area contributed by atoms with Crippen LogP contribution in [0.5, 0.6) is 11.5 Å². The van der Waals surface area contributed by atoms with Crippen LogP contribution < -0.4 is 20.5 Å². The minimum absolute atomic E-state index is 0.0346. The fraction of sp³-hybridized carbons (Fsp3) is 0.238. The molecule has 0 aliphatic heterocycles. The molecule has 0 radical (unpaired) electrons. The van der Waals surface area contributed by atoms with Gasteiger partial charge in [-0.25, -0.2) is 13.6 Å². The van der Waals surface area contributed by atoms with Gasteiger partial charge in [0.2, 0.25) is 10.0 Å². The van der Waals surface area contributed by atoms with Gasteiger partial charge < -0.3 is 15.4 Å². The maximum Gasteiger partial charge on any atom is 0.278 e. The van der Waals surface area contributed by atoms with E-state index >= 15 is 0 Å². The number of rotatable bonds is 10. The zero-order valence-electron chi connectivity index (χ0n) is 17.0. The second-order valence-corrected chi connectivity index (χ2v) is 7.85. The third kappa shape index (κ3) is 6.71. The summed E-state index contributed by atoms with van der Waals surface area (Å²) in [4.78, 5) is 16.0. The Bertz CT molecular complexity index is 1020. The van der Waals surface area contributed by atoms with Crippen molar-refractivity contribution in [3.8, 4) is 11.5 Å². The van der Waals surface area contributed by atoms with Gasteiger partial charge in [0.1, 0.15) is 10.6 Å². The summed E-state index contributed by atoms with van der Waals surface area (Å²) in [6.07, 6.45) is 6.34. The summed E-state index contributed by atoms with van der Waals surface area (Å²) >= 11 is 0. The second kappa shape index (κ2) is 11.1. The number of amides is 1. The summed E-state index contributed by atoms with van der Waals surface area (Å²) in [6, 6.07) is 11.4. The number of primary sulfonamides is 1. The maximum absolute atomic E-state index is 12.5. The van der Waals surface area contributed by atoms with Gasteiger partial charge in [0, 0.05) is 12.1 Å². The van der Waals surface area contributed by atoms with Crippen molar-refractivity contribution in [1.82, 2.24) is 5.32 Å². The second-order valence-electron chi connectivity index (χ2n) is 6.32. The summed E-state index contributed by atoms with van der Waals surface area (Å²) in [5.41, 5.74) is 0.413. The van der Waals surface area contributed by atoms with Crippen LogP contribution in [0.2, 0.25) is 0 Å². The van der Waals surface area contributed by atoms with E-state index < -0.39 is 15.9 Å². The van der Waals surface area contributed by atoms with E-state index in [9.17, 15) is 13.2 Å². The van der Waals surface area contributed by atoms with E-state index in [1.807, 2.05) is 13.0 Å². The predicted octanol–water partition coefficient (Wildman–Crippen LogP) is 3.63. The third-order valence-electron chi connectivity index (χ3n) is 3.94. The molecular weight excluding hydrogens is 404 g/mol. The molecule has 0 saturated heterocycles. The largest absolute Gasteiger partial charge is 0.454 e. The van der Waals surface area contributed by atoms with Crippen LogP contribution in [0.1, 0.15) is 37.0 Å². The molecule has 1 amide bonds. The number of benzene rings is 2. The van der Waals surface area contributed by atoms with Crippen LogP contribution in [0, 0.1) is 0 Å². The molecule has 2 rings (SSSR count). The summed E-state index contributed by atoms with van der Waals surface area (Å²) < 4.78 is 30.5. The molecule has 0 fully saturated rings. The predicted molar refractivity (Wildman–Crippen MR) is 119 cm³/mol. The average molecular weight is 431 g/mol. The van der Waals surface area contributed by atoms with Crippen LogP contribution in [-0.2, 0) is 10.0 Å². The number of ether oxygens (including phenoxy) is 1. The number of sulfonamides is 1. The molecule has 8 nitrogen and oxygen atoms in total. The van der Waals surface area contributed by atoms with Crippen LogP contribution in [-0.4, -0.2) is 27.2 Å². The number of aliphatic imine (C=N–C) groups is 1. The van der Waals surface area contributed by atoms with Gasteiger partial charge in [0.15, 0.2) is 5.75 Å². The molecule has 0 unspecified atom stereocenters. The maximum atomic E-state index is 12.5. The molecule has 0 aromatic heterocycles. The topological polar surface area (TPSA) is 123 Å². The fourth-order valence-corrected chi connectivity index (χ4v) is 3.19. The zero-order valence-corrected chi connectivity index (χ0v) is 17.8. The summed E-state index contributed by atoms with van der Waals surface area (Å²) in [6.45, 7) is 4.40. The molecule has 0 saturated carbocycles. The highest BCUT2D eigenvalue weighted by molar-refractivity contribution is 7.89. The molecule has 0 atom stereocenters. The van der Waals surface area contributed by atoms with E-state index in [0.717, 1.165) is 12.8 Å². The Morgan fingerprint density at radius 1 is 1.23 bits per heavy atom. The average Bonchev–Trinajstić information content (AvgIpc) is 2.72. The number of anilines is 1. The molecule has 0 aliphatic carbocycles. The van der Waals surface area contributed by atoms with Crippen LogP contribution in [0.15, 0.2) is 64.6 Å². The Morgan fingerprint density at radius 3 is 2.60 bits per heavy atom. The highest BCUT2D eigenvalue weighted by atomic mass is 32.2. The normalized spacial score (nSPS) is 11.7. The smallest absolute Gasteiger partial charge is 0.278 e. The molecule has 30 heavy (non-hydrogen) atoms. The Kier molecular flexibility index (Phi) is 8.57. The van der Waals surface area contributed by atoms with Gasteiger partial charge in [-0.05, 0) is 43.8 Å². The Balaban J connectivity index is 2.54. The van der Waals surface area contributed by atoms with Crippen molar-refractivity contribution in [2.75, 3.05) is 11.9 Å². The first kappa shape index (κ1) is 23.1. The van der Waals surface area contributed by atoms with E-state index in [-0.39, 0.29) is 16.2 Å². The summed E-state index contributed by atoms with van der Waals surface area (Å²) in [5.74, 6) is -0.150. The molecule has 160 valence electrons. The van der Waals surface area contributed by atoms with Gasteiger partial charge in [-0.15, -0.1) is 0 Å². The van der Waals surface area contributed by atoms with Gasteiger partial charge >= 0.3 is 0 Å². The Labute approximate surface area is 176 Å².